The maximum atomic E-state index is 10.2. The molecule has 0 aromatic carbocycles. The van der Waals surface area contributed by atoms with E-state index in [9.17, 15) is 9.90 Å². The molecule has 1 aliphatic carbocycles. The summed E-state index contributed by atoms with van der Waals surface area (Å²) >= 11 is 6.36. The quantitative estimate of drug-likeness (QED) is 0.260. The zero-order chi connectivity index (χ0) is 24.1. The number of hydrogen-bond acceptors (Lipinski definition) is 7. The topological polar surface area (TPSA) is 109 Å². The number of dihydropyridines is 1. The van der Waals surface area contributed by atoms with E-state index in [1.165, 1.54) is 0 Å². The van der Waals surface area contributed by atoms with Crippen LogP contribution in [0.4, 0.5) is 0 Å². The number of likely N-dealkylation sites (N-methyl/N-ethyl adjacent to an activating group) is 1. The van der Waals surface area contributed by atoms with Crippen LogP contribution in [-0.4, -0.2) is 79.5 Å². The summed E-state index contributed by atoms with van der Waals surface area (Å²) in [5, 5.41) is 31.6. The van der Waals surface area contributed by atoms with Gasteiger partial charge in [-0.2, -0.15) is 0 Å². The molecule has 3 atom stereocenters. The molecule has 6 N–H and O–H groups in total. The zero-order valence-corrected chi connectivity index (χ0v) is 20.3. The Balaban J connectivity index is 0.000000257. The van der Waals surface area contributed by atoms with Crippen LogP contribution in [0.25, 0.3) is 0 Å². The van der Waals surface area contributed by atoms with Gasteiger partial charge in [-0.15, -0.1) is 0 Å². The minimum Gasteiger partial charge on any atom is -0.394 e. The Labute approximate surface area is 202 Å². The molecule has 0 aromatic rings. The van der Waals surface area contributed by atoms with E-state index in [0.29, 0.717) is 19.0 Å². The Bertz CT molecular complexity index is 774. The van der Waals surface area contributed by atoms with Gasteiger partial charge in [0.1, 0.15) is 5.82 Å². The van der Waals surface area contributed by atoms with Gasteiger partial charge in [-0.3, -0.25) is 4.79 Å². The van der Waals surface area contributed by atoms with Gasteiger partial charge < -0.3 is 36.4 Å². The third-order valence-corrected chi connectivity index (χ3v) is 6.25. The molecule has 0 spiro atoms. The Kier molecular flexibility index (Phi) is 12.1. The summed E-state index contributed by atoms with van der Waals surface area (Å²) in [7, 11) is 2.00. The van der Waals surface area contributed by atoms with E-state index in [0.717, 1.165) is 54.5 Å². The molecule has 33 heavy (non-hydrogen) atoms. The summed E-state index contributed by atoms with van der Waals surface area (Å²) in [4.78, 5) is 12.5. The van der Waals surface area contributed by atoms with Gasteiger partial charge in [0.05, 0.1) is 42.6 Å². The first-order valence-electron chi connectivity index (χ1n) is 11.5. The molecule has 3 unspecified atom stereocenters. The molecule has 0 radical (unpaired) electrons. The standard InChI is InChI=1S/C14H25ClN4O.C10H13NO2/c1-3-10(9-20)18-14-6-13(12(15)7-17-14)19-5-4-11(8-19)16-2;12-7-10(11-8-13)9-5-3-1-2-4-6-9/h6,10-11,16-18,20H,3-5,7-9H2,1-2H3;1-5,8,10,12H,6-7H2,(H,11,13). The molecule has 8 nitrogen and oxygen atoms in total. The lowest BCUT2D eigenvalue weighted by Crippen LogP contribution is -2.40. The van der Waals surface area contributed by atoms with Crippen LogP contribution in [0.1, 0.15) is 26.2 Å². The third kappa shape index (κ3) is 8.55. The lowest BCUT2D eigenvalue weighted by atomic mass is 10.0. The van der Waals surface area contributed by atoms with Crippen molar-refractivity contribution >= 4 is 18.0 Å². The van der Waals surface area contributed by atoms with Crippen molar-refractivity contribution in [3.8, 4) is 0 Å². The van der Waals surface area contributed by atoms with Crippen molar-refractivity contribution in [1.29, 1.82) is 0 Å². The maximum absolute atomic E-state index is 10.2. The normalized spacial score (nSPS) is 21.7. The number of rotatable bonds is 10. The number of nitrogens with one attached hydrogen (secondary N) is 4. The minimum absolute atomic E-state index is 0.0632. The highest BCUT2D eigenvalue weighted by atomic mass is 35.5. The number of amides is 1. The van der Waals surface area contributed by atoms with E-state index in [1.54, 1.807) is 0 Å². The second-order valence-electron chi connectivity index (χ2n) is 8.13. The number of hydrogen-bond donors (Lipinski definition) is 6. The van der Waals surface area contributed by atoms with Crippen LogP contribution in [-0.2, 0) is 4.79 Å². The summed E-state index contributed by atoms with van der Waals surface area (Å²) in [6.07, 6.45) is 15.1. The number of carbonyl (C=O) groups excluding carboxylic acids is 1. The van der Waals surface area contributed by atoms with Crippen LogP contribution in [0.3, 0.4) is 0 Å². The van der Waals surface area contributed by atoms with E-state index >= 15 is 0 Å². The number of halogens is 1. The number of aliphatic hydroxyl groups is 2. The van der Waals surface area contributed by atoms with Crippen LogP contribution < -0.4 is 21.3 Å². The molecular formula is C24H38ClN5O3. The predicted molar refractivity (Wildman–Crippen MR) is 133 cm³/mol. The van der Waals surface area contributed by atoms with E-state index in [4.69, 9.17) is 16.7 Å². The van der Waals surface area contributed by atoms with Crippen LogP contribution in [0.15, 0.2) is 58.6 Å². The van der Waals surface area contributed by atoms with Crippen LogP contribution in [0.2, 0.25) is 0 Å². The fraction of sp³-hybridized carbons (Fsp3) is 0.542. The molecule has 0 saturated carbocycles. The van der Waals surface area contributed by atoms with Gasteiger partial charge in [0.25, 0.3) is 0 Å². The molecule has 2 aliphatic heterocycles. The van der Waals surface area contributed by atoms with Crippen molar-refractivity contribution < 1.29 is 15.0 Å². The molecular weight excluding hydrogens is 442 g/mol. The number of likely N-dealkylation sites (tertiary alicyclic amines) is 1. The minimum atomic E-state index is -0.259. The van der Waals surface area contributed by atoms with E-state index in [1.807, 2.05) is 37.4 Å². The average molecular weight is 480 g/mol. The average Bonchev–Trinajstić information content (AvgIpc) is 3.16. The first-order chi connectivity index (χ1) is 16.1. The molecule has 0 bridgehead atoms. The molecule has 0 aromatic heterocycles. The molecule has 3 rings (SSSR count). The Morgan fingerprint density at radius 2 is 2.12 bits per heavy atom. The van der Waals surface area contributed by atoms with Crippen LogP contribution >= 0.6 is 11.6 Å². The predicted octanol–water partition coefficient (Wildman–Crippen LogP) is 1.07. The Hall–Kier alpha value is -2.26. The lowest BCUT2D eigenvalue weighted by molar-refractivity contribution is -0.110. The van der Waals surface area contributed by atoms with Crippen molar-refractivity contribution in [3.05, 3.63) is 58.6 Å². The van der Waals surface area contributed by atoms with Gasteiger partial charge in [0, 0.05) is 25.2 Å². The van der Waals surface area contributed by atoms with Crippen LogP contribution in [0.5, 0.6) is 0 Å². The lowest BCUT2D eigenvalue weighted by Gasteiger charge is -2.28. The van der Waals surface area contributed by atoms with Gasteiger partial charge in [-0.1, -0.05) is 48.9 Å². The first-order valence-corrected chi connectivity index (χ1v) is 11.9. The number of carbonyl (C=O) groups is 1. The largest absolute Gasteiger partial charge is 0.394 e. The number of aliphatic hydroxyl groups excluding tert-OH is 2. The Morgan fingerprint density at radius 1 is 1.30 bits per heavy atom. The van der Waals surface area contributed by atoms with Gasteiger partial charge in [-0.25, -0.2) is 0 Å². The second-order valence-corrected chi connectivity index (χ2v) is 8.59. The van der Waals surface area contributed by atoms with E-state index in [2.05, 4.69) is 39.2 Å². The van der Waals surface area contributed by atoms with E-state index in [-0.39, 0.29) is 25.3 Å². The fourth-order valence-electron chi connectivity index (χ4n) is 3.81. The third-order valence-electron chi connectivity index (χ3n) is 5.92. The molecule has 2 heterocycles. The summed E-state index contributed by atoms with van der Waals surface area (Å²) in [5.74, 6) is 0.943. The highest BCUT2D eigenvalue weighted by Gasteiger charge is 2.25. The molecule has 1 fully saturated rings. The van der Waals surface area contributed by atoms with Gasteiger partial charge in [0.2, 0.25) is 6.41 Å². The highest BCUT2D eigenvalue weighted by molar-refractivity contribution is 6.30. The van der Waals surface area contributed by atoms with Crippen molar-refractivity contribution in [2.75, 3.05) is 39.9 Å². The van der Waals surface area contributed by atoms with Crippen molar-refractivity contribution in [3.63, 3.8) is 0 Å². The summed E-state index contributed by atoms with van der Waals surface area (Å²) in [6, 6.07) is 0.355. The van der Waals surface area contributed by atoms with E-state index < -0.39 is 0 Å². The molecule has 3 aliphatic rings. The molecule has 1 amide bonds. The summed E-state index contributed by atoms with van der Waals surface area (Å²) < 4.78 is 0. The van der Waals surface area contributed by atoms with Gasteiger partial charge >= 0.3 is 0 Å². The van der Waals surface area contributed by atoms with Crippen molar-refractivity contribution in [1.82, 2.24) is 26.2 Å². The van der Waals surface area contributed by atoms with Crippen molar-refractivity contribution in [2.24, 2.45) is 0 Å². The van der Waals surface area contributed by atoms with Gasteiger partial charge in [0.15, 0.2) is 0 Å². The molecule has 9 heteroatoms. The van der Waals surface area contributed by atoms with Gasteiger partial charge in [-0.05, 0) is 31.9 Å². The molecule has 1 saturated heterocycles. The molecule has 184 valence electrons. The van der Waals surface area contributed by atoms with Crippen LogP contribution in [0, 0.1) is 0 Å². The van der Waals surface area contributed by atoms with Crippen molar-refractivity contribution in [2.45, 2.75) is 44.3 Å². The number of allylic oxidation sites excluding steroid dienone is 6. The second kappa shape index (κ2) is 14.8. The highest BCUT2D eigenvalue weighted by Crippen LogP contribution is 2.24. The first kappa shape index (κ1) is 27.0. The maximum Gasteiger partial charge on any atom is 0.207 e. The monoisotopic (exact) mass is 479 g/mol. The fourth-order valence-corrected chi connectivity index (χ4v) is 4.05. The number of nitrogens with zero attached hydrogens (tertiary/aromatic N) is 1. The summed E-state index contributed by atoms with van der Waals surface area (Å²) in [6.45, 7) is 4.78. The smallest absolute Gasteiger partial charge is 0.207 e. The summed E-state index contributed by atoms with van der Waals surface area (Å²) in [5.41, 5.74) is 2.11. The SMILES string of the molecule is CCC(CO)NC1=CC(N2CCC(NC)C2)=C(Cl)CN1.O=CNC(CO)C1=CC=CC=CC1. The zero-order valence-electron chi connectivity index (χ0n) is 19.6. The Morgan fingerprint density at radius 3 is 2.76 bits per heavy atom.